The van der Waals surface area contributed by atoms with Crippen LogP contribution in [0.3, 0.4) is 0 Å². The molecule has 0 radical (unpaired) electrons. The topological polar surface area (TPSA) is 70.6 Å². The Bertz CT molecular complexity index is 809. The Hall–Kier alpha value is -1.74. The van der Waals surface area contributed by atoms with Gasteiger partial charge in [-0.3, -0.25) is 9.59 Å². The van der Waals surface area contributed by atoms with Crippen molar-refractivity contribution in [2.24, 2.45) is 5.10 Å². The van der Waals surface area contributed by atoms with E-state index in [4.69, 9.17) is 0 Å². The number of amides is 2. The van der Waals surface area contributed by atoms with Crippen LogP contribution in [0.15, 0.2) is 52.0 Å². The van der Waals surface area contributed by atoms with Crippen molar-refractivity contribution in [3.8, 4) is 0 Å². The van der Waals surface area contributed by atoms with Gasteiger partial charge in [0, 0.05) is 26.6 Å². The molecule has 7 heteroatoms. The SMILES string of the molecule is Cc1cc(I)ccc1NC(=O)CCC(=O)NN=Cc1cccc(Br)c1. The van der Waals surface area contributed by atoms with Gasteiger partial charge < -0.3 is 5.32 Å². The number of hydrogen-bond donors (Lipinski definition) is 2. The third-order valence-corrected chi connectivity index (χ3v) is 4.46. The molecule has 0 aliphatic carbocycles. The van der Waals surface area contributed by atoms with Crippen molar-refractivity contribution >= 4 is 62.2 Å². The molecule has 0 fully saturated rings. The van der Waals surface area contributed by atoms with E-state index in [1.807, 2.05) is 49.4 Å². The summed E-state index contributed by atoms with van der Waals surface area (Å²) in [5.41, 5.74) is 5.04. The average Bonchev–Trinajstić information content (AvgIpc) is 2.56. The van der Waals surface area contributed by atoms with Crippen LogP contribution in [0.2, 0.25) is 0 Å². The maximum absolute atomic E-state index is 12.0. The van der Waals surface area contributed by atoms with Gasteiger partial charge in [-0.1, -0.05) is 28.1 Å². The lowest BCUT2D eigenvalue weighted by molar-refractivity contribution is -0.124. The second-order valence-electron chi connectivity index (χ2n) is 5.36. The monoisotopic (exact) mass is 513 g/mol. The lowest BCUT2D eigenvalue weighted by Crippen LogP contribution is -2.20. The number of aryl methyl sites for hydroxylation is 1. The Kier molecular flexibility index (Phi) is 7.57. The predicted molar refractivity (Wildman–Crippen MR) is 112 cm³/mol. The highest BCUT2D eigenvalue weighted by atomic mass is 127. The van der Waals surface area contributed by atoms with E-state index in [0.717, 1.165) is 24.9 Å². The molecule has 0 atom stereocenters. The van der Waals surface area contributed by atoms with Gasteiger partial charge in [0.2, 0.25) is 11.8 Å². The zero-order chi connectivity index (χ0) is 18.2. The highest BCUT2D eigenvalue weighted by Crippen LogP contribution is 2.18. The zero-order valence-electron chi connectivity index (χ0n) is 13.6. The highest BCUT2D eigenvalue weighted by molar-refractivity contribution is 14.1. The molecule has 0 unspecified atom stereocenters. The number of anilines is 1. The van der Waals surface area contributed by atoms with E-state index < -0.39 is 0 Å². The van der Waals surface area contributed by atoms with Gasteiger partial charge in [-0.15, -0.1) is 0 Å². The quantitative estimate of drug-likeness (QED) is 0.344. The van der Waals surface area contributed by atoms with Crippen molar-refractivity contribution in [3.05, 3.63) is 61.6 Å². The molecule has 0 bridgehead atoms. The number of carbonyl (C=O) groups is 2. The van der Waals surface area contributed by atoms with Gasteiger partial charge in [0.1, 0.15) is 0 Å². The van der Waals surface area contributed by atoms with Gasteiger partial charge in [0.15, 0.2) is 0 Å². The van der Waals surface area contributed by atoms with Crippen LogP contribution < -0.4 is 10.7 Å². The van der Waals surface area contributed by atoms with Crippen LogP contribution in [-0.4, -0.2) is 18.0 Å². The molecule has 2 rings (SSSR count). The molecule has 0 aliphatic rings. The minimum absolute atomic E-state index is 0.0745. The van der Waals surface area contributed by atoms with Crippen molar-refractivity contribution in [3.63, 3.8) is 0 Å². The molecule has 2 aromatic carbocycles. The van der Waals surface area contributed by atoms with Gasteiger partial charge in [-0.25, -0.2) is 5.43 Å². The smallest absolute Gasteiger partial charge is 0.240 e. The number of nitrogens with one attached hydrogen (secondary N) is 2. The Balaban J connectivity index is 1.76. The Morgan fingerprint density at radius 2 is 1.92 bits per heavy atom. The molecule has 0 saturated carbocycles. The molecule has 0 heterocycles. The number of hydrogen-bond acceptors (Lipinski definition) is 3. The fourth-order valence-electron chi connectivity index (χ4n) is 2.03. The molecule has 2 aromatic rings. The van der Waals surface area contributed by atoms with E-state index in [-0.39, 0.29) is 24.7 Å². The van der Waals surface area contributed by atoms with E-state index in [1.54, 1.807) is 6.21 Å². The minimum atomic E-state index is -0.305. The van der Waals surface area contributed by atoms with Gasteiger partial charge in [-0.05, 0) is 71.0 Å². The van der Waals surface area contributed by atoms with Crippen molar-refractivity contribution in [2.75, 3.05) is 5.32 Å². The van der Waals surface area contributed by atoms with Gasteiger partial charge in [0.05, 0.1) is 6.21 Å². The summed E-state index contributed by atoms with van der Waals surface area (Å²) in [6.07, 6.45) is 1.73. The number of halogens is 2. The lowest BCUT2D eigenvalue weighted by atomic mass is 10.2. The maximum atomic E-state index is 12.0. The first kappa shape index (κ1) is 19.6. The van der Waals surface area contributed by atoms with E-state index in [1.165, 1.54) is 0 Å². The van der Waals surface area contributed by atoms with E-state index in [0.29, 0.717) is 0 Å². The summed E-state index contributed by atoms with van der Waals surface area (Å²) in [7, 11) is 0. The van der Waals surface area contributed by atoms with Crippen LogP contribution >= 0.6 is 38.5 Å². The highest BCUT2D eigenvalue weighted by Gasteiger charge is 2.08. The number of rotatable bonds is 6. The summed E-state index contributed by atoms with van der Waals surface area (Å²) < 4.78 is 2.04. The van der Waals surface area contributed by atoms with Gasteiger partial charge in [-0.2, -0.15) is 5.10 Å². The number of benzene rings is 2. The first-order valence-corrected chi connectivity index (χ1v) is 9.44. The lowest BCUT2D eigenvalue weighted by Gasteiger charge is -2.08. The summed E-state index contributed by atoms with van der Waals surface area (Å²) in [5, 5.41) is 6.71. The van der Waals surface area contributed by atoms with Gasteiger partial charge in [0.25, 0.3) is 0 Å². The largest absolute Gasteiger partial charge is 0.326 e. The normalized spacial score (nSPS) is 10.7. The van der Waals surface area contributed by atoms with E-state index >= 15 is 0 Å². The first-order chi connectivity index (χ1) is 11.9. The number of carbonyl (C=O) groups excluding carboxylic acids is 2. The molecule has 2 amide bonds. The molecule has 0 aliphatic heterocycles. The molecule has 0 aromatic heterocycles. The van der Waals surface area contributed by atoms with E-state index in [9.17, 15) is 9.59 Å². The second kappa shape index (κ2) is 9.67. The Morgan fingerprint density at radius 1 is 1.16 bits per heavy atom. The molecular formula is C18H17BrIN3O2. The van der Waals surface area contributed by atoms with E-state index in [2.05, 4.69) is 54.4 Å². The van der Waals surface area contributed by atoms with Crippen molar-refractivity contribution in [2.45, 2.75) is 19.8 Å². The average molecular weight is 514 g/mol. The van der Waals surface area contributed by atoms with Crippen LogP contribution in [0.25, 0.3) is 0 Å². The molecular weight excluding hydrogens is 497 g/mol. The third kappa shape index (κ3) is 6.95. The summed E-state index contributed by atoms with van der Waals surface area (Å²) in [4.78, 5) is 23.7. The fraction of sp³-hybridized carbons (Fsp3) is 0.167. The van der Waals surface area contributed by atoms with Crippen LogP contribution in [0.1, 0.15) is 24.0 Å². The van der Waals surface area contributed by atoms with Crippen molar-refractivity contribution in [1.29, 1.82) is 0 Å². The summed E-state index contributed by atoms with van der Waals surface area (Å²) in [6, 6.07) is 13.3. The Morgan fingerprint density at radius 3 is 2.64 bits per heavy atom. The molecule has 0 saturated heterocycles. The summed E-state index contributed by atoms with van der Waals surface area (Å²) >= 11 is 5.58. The minimum Gasteiger partial charge on any atom is -0.326 e. The van der Waals surface area contributed by atoms with Crippen LogP contribution in [-0.2, 0) is 9.59 Å². The van der Waals surface area contributed by atoms with Crippen LogP contribution in [0, 0.1) is 10.5 Å². The first-order valence-electron chi connectivity index (χ1n) is 7.57. The third-order valence-electron chi connectivity index (χ3n) is 3.29. The molecule has 2 N–H and O–H groups in total. The Labute approximate surface area is 168 Å². The maximum Gasteiger partial charge on any atom is 0.240 e. The molecule has 25 heavy (non-hydrogen) atoms. The predicted octanol–water partition coefficient (Wildman–Crippen LogP) is 4.23. The molecule has 130 valence electrons. The molecule has 5 nitrogen and oxygen atoms in total. The fourth-order valence-corrected chi connectivity index (χ4v) is 3.09. The second-order valence-corrected chi connectivity index (χ2v) is 7.52. The summed E-state index contributed by atoms with van der Waals surface area (Å²) in [6.45, 7) is 1.93. The summed E-state index contributed by atoms with van der Waals surface area (Å²) in [5.74, 6) is -0.504. The van der Waals surface area contributed by atoms with Gasteiger partial charge >= 0.3 is 0 Å². The van der Waals surface area contributed by atoms with Crippen LogP contribution in [0.4, 0.5) is 5.69 Å². The number of hydrazone groups is 1. The zero-order valence-corrected chi connectivity index (χ0v) is 17.3. The number of nitrogens with zero attached hydrogens (tertiary/aromatic N) is 1. The van der Waals surface area contributed by atoms with Crippen molar-refractivity contribution in [1.82, 2.24) is 5.43 Å². The molecule has 0 spiro atoms. The van der Waals surface area contributed by atoms with Crippen LogP contribution in [0.5, 0.6) is 0 Å². The standard InChI is InChI=1S/C18H17BrIN3O2/c1-12-9-15(20)5-6-16(12)22-17(24)7-8-18(25)23-21-11-13-3-2-4-14(19)10-13/h2-6,9-11H,7-8H2,1H3,(H,22,24)(H,23,25). The van der Waals surface area contributed by atoms with Crippen molar-refractivity contribution < 1.29 is 9.59 Å².